The Labute approximate surface area is 222 Å². The van der Waals surface area contributed by atoms with Crippen molar-refractivity contribution in [2.75, 3.05) is 24.7 Å². The minimum absolute atomic E-state index is 0.0534. The van der Waals surface area contributed by atoms with Crippen molar-refractivity contribution in [1.82, 2.24) is 29.1 Å². The molecule has 3 aromatic heterocycles. The Bertz CT molecular complexity index is 1560. The normalized spacial score (nSPS) is 32.0. The van der Waals surface area contributed by atoms with Crippen molar-refractivity contribution in [3.05, 3.63) is 39.4 Å². The molecule has 0 bridgehead atoms. The zero-order valence-corrected chi connectivity index (χ0v) is 21.1. The van der Waals surface area contributed by atoms with Gasteiger partial charge in [-0.05, 0) is 6.07 Å². The molecule has 0 amide bonds. The Morgan fingerprint density at radius 3 is 2.48 bits per heavy atom. The van der Waals surface area contributed by atoms with Gasteiger partial charge in [0, 0.05) is 6.20 Å². The van der Waals surface area contributed by atoms with E-state index in [2.05, 4.69) is 19.9 Å². The predicted octanol–water partition coefficient (Wildman–Crippen LogP) is -4.09. The van der Waals surface area contributed by atoms with E-state index in [4.69, 9.17) is 30.0 Å². The van der Waals surface area contributed by atoms with Gasteiger partial charge in [0.15, 0.2) is 23.6 Å². The zero-order chi connectivity index (χ0) is 28.9. The van der Waals surface area contributed by atoms with Crippen LogP contribution >= 0.6 is 7.82 Å². The highest BCUT2D eigenvalue weighted by Gasteiger charge is 2.50. The van der Waals surface area contributed by atoms with Crippen LogP contribution in [0.15, 0.2) is 28.2 Å². The molecule has 2 aliphatic heterocycles. The van der Waals surface area contributed by atoms with E-state index in [-0.39, 0.29) is 22.9 Å². The molecule has 218 valence electrons. The molecule has 2 saturated heterocycles. The highest BCUT2D eigenvalue weighted by Crippen LogP contribution is 2.49. The predicted molar refractivity (Wildman–Crippen MR) is 129 cm³/mol. The molecule has 9 atom stereocenters. The minimum Gasteiger partial charge on any atom is -0.394 e. The number of anilines is 2. The second-order valence-electron chi connectivity index (χ2n) is 8.94. The van der Waals surface area contributed by atoms with Crippen LogP contribution in [-0.2, 0) is 23.1 Å². The number of imidazole rings is 1. The van der Waals surface area contributed by atoms with Crippen molar-refractivity contribution in [2.45, 2.75) is 49.1 Å². The number of nitrogens with zero attached hydrogens (tertiary/aromatic N) is 5. The van der Waals surface area contributed by atoms with Crippen LogP contribution in [0.4, 0.5) is 11.8 Å². The fraction of sp³-hybridized carbons (Fsp3) is 0.526. The lowest BCUT2D eigenvalue weighted by Gasteiger charge is -2.25. The molecule has 0 saturated carbocycles. The molecule has 3 aromatic rings. The Kier molecular flexibility index (Phi) is 7.48. The van der Waals surface area contributed by atoms with Crippen LogP contribution in [0.2, 0.25) is 0 Å². The molecule has 10 N–H and O–H groups in total. The van der Waals surface area contributed by atoms with Crippen molar-refractivity contribution >= 4 is 30.8 Å². The molecule has 1 unspecified atom stereocenters. The Hall–Kier alpha value is -3.30. The van der Waals surface area contributed by atoms with E-state index < -0.39 is 81.4 Å². The lowest BCUT2D eigenvalue weighted by molar-refractivity contribution is -0.0635. The monoisotopic (exact) mass is 588 g/mol. The molecule has 20 nitrogen and oxygen atoms in total. The first-order valence-corrected chi connectivity index (χ1v) is 13.1. The topological polar surface area (TPSA) is 306 Å². The summed E-state index contributed by atoms with van der Waals surface area (Å²) >= 11 is 0. The number of aromatic nitrogens is 6. The maximum Gasteiger partial charge on any atom is 0.472 e. The summed E-state index contributed by atoms with van der Waals surface area (Å²) in [6.07, 6.45) is -9.89. The summed E-state index contributed by atoms with van der Waals surface area (Å²) < 4.78 is 35.9. The van der Waals surface area contributed by atoms with Crippen LogP contribution in [0.1, 0.15) is 12.5 Å². The van der Waals surface area contributed by atoms with Gasteiger partial charge in [-0.25, -0.2) is 14.3 Å². The fourth-order valence-electron chi connectivity index (χ4n) is 4.40. The van der Waals surface area contributed by atoms with Gasteiger partial charge in [-0.15, -0.1) is 0 Å². The van der Waals surface area contributed by atoms with Gasteiger partial charge in [-0.1, -0.05) is 0 Å². The third kappa shape index (κ3) is 5.12. The summed E-state index contributed by atoms with van der Waals surface area (Å²) in [4.78, 5) is 48.3. The number of rotatable bonds is 8. The number of hydrogen-bond acceptors (Lipinski definition) is 16. The Balaban J connectivity index is 1.30. The Morgan fingerprint density at radius 2 is 1.77 bits per heavy atom. The quantitative estimate of drug-likeness (QED) is 0.116. The van der Waals surface area contributed by atoms with Gasteiger partial charge in [0.05, 0.1) is 19.5 Å². The average Bonchev–Trinajstić information content (AvgIpc) is 3.53. The molecular formula is C19H25N8O12P. The third-order valence-corrected chi connectivity index (χ3v) is 7.32. The minimum atomic E-state index is -5.08. The maximum absolute atomic E-state index is 12.8. The molecule has 5 rings (SSSR count). The number of nitrogens with two attached hydrogens (primary N) is 2. The van der Waals surface area contributed by atoms with E-state index in [0.29, 0.717) is 0 Å². The van der Waals surface area contributed by atoms with Gasteiger partial charge in [0.1, 0.15) is 42.4 Å². The van der Waals surface area contributed by atoms with Crippen molar-refractivity contribution in [1.29, 1.82) is 0 Å². The fourth-order valence-corrected chi connectivity index (χ4v) is 5.34. The number of aromatic amines is 1. The number of fused-ring (bicyclic) bond motifs is 1. The van der Waals surface area contributed by atoms with Gasteiger partial charge in [0.2, 0.25) is 5.95 Å². The second kappa shape index (κ2) is 10.6. The Morgan fingerprint density at radius 1 is 1.05 bits per heavy atom. The van der Waals surface area contributed by atoms with Crippen molar-refractivity contribution < 1.29 is 48.4 Å². The van der Waals surface area contributed by atoms with E-state index in [1.165, 1.54) is 6.07 Å². The van der Waals surface area contributed by atoms with Gasteiger partial charge in [-0.3, -0.25) is 28.0 Å². The maximum atomic E-state index is 12.8. The second-order valence-corrected chi connectivity index (χ2v) is 10.3. The van der Waals surface area contributed by atoms with E-state index >= 15 is 0 Å². The van der Waals surface area contributed by atoms with Gasteiger partial charge in [-0.2, -0.15) is 9.97 Å². The summed E-state index contributed by atoms with van der Waals surface area (Å²) in [6, 6.07) is 1.24. The first-order chi connectivity index (χ1) is 18.9. The van der Waals surface area contributed by atoms with E-state index in [1.807, 2.05) is 0 Å². The van der Waals surface area contributed by atoms with E-state index in [0.717, 1.165) is 21.7 Å². The van der Waals surface area contributed by atoms with Crippen LogP contribution in [0.5, 0.6) is 0 Å². The average molecular weight is 588 g/mol. The van der Waals surface area contributed by atoms with Crippen molar-refractivity contribution in [2.24, 2.45) is 0 Å². The number of phosphoric ester groups is 1. The van der Waals surface area contributed by atoms with Crippen molar-refractivity contribution in [3.8, 4) is 0 Å². The van der Waals surface area contributed by atoms with Crippen LogP contribution < -0.4 is 22.7 Å². The molecule has 2 fully saturated rings. The van der Waals surface area contributed by atoms with Gasteiger partial charge >= 0.3 is 13.5 Å². The van der Waals surface area contributed by atoms with Crippen molar-refractivity contribution in [3.63, 3.8) is 0 Å². The smallest absolute Gasteiger partial charge is 0.394 e. The van der Waals surface area contributed by atoms with Gasteiger partial charge in [0.25, 0.3) is 5.56 Å². The molecule has 21 heteroatoms. The molecule has 0 spiro atoms. The van der Waals surface area contributed by atoms with Crippen LogP contribution in [-0.4, -0.2) is 104 Å². The van der Waals surface area contributed by atoms with Crippen LogP contribution in [0, 0.1) is 0 Å². The number of hydrogen-bond donors (Lipinski definition) is 8. The standard InChI is InChI=1S/C19H25N8O12P/c20-8-1-2-26(19(33)23-8)17-13(11(30)6(3-28)37-17)39-40(34,35)36-4-7-10(29)12(31)16(38-7)27-5-22-9-14(27)24-18(21)25-15(9)32/h1-2,5-7,10-13,16-17,28-31H,3-4H2,(H,34,35)(H2,20,23,33)(H3,21,24,25,32)/t6-,7-,10-,11-,12+,13+,16+,17+/m0/s1. The summed E-state index contributed by atoms with van der Waals surface area (Å²) in [5.74, 6) is -0.347. The number of ether oxygens (including phenoxy) is 2. The van der Waals surface area contributed by atoms with E-state index in [1.54, 1.807) is 0 Å². The third-order valence-electron chi connectivity index (χ3n) is 6.34. The number of nitrogens with one attached hydrogen (secondary N) is 1. The zero-order valence-electron chi connectivity index (χ0n) is 20.2. The van der Waals surface area contributed by atoms with Crippen LogP contribution in [0.25, 0.3) is 11.2 Å². The highest BCUT2D eigenvalue weighted by atomic mass is 31.2. The molecule has 5 heterocycles. The molecule has 0 aromatic carbocycles. The number of aliphatic hydroxyl groups is 4. The van der Waals surface area contributed by atoms with Gasteiger partial charge < -0.3 is 46.3 Å². The molecule has 40 heavy (non-hydrogen) atoms. The number of nitrogen functional groups attached to an aromatic ring is 2. The first-order valence-electron chi connectivity index (χ1n) is 11.6. The first kappa shape index (κ1) is 28.2. The molecule has 2 aliphatic rings. The number of aliphatic hydroxyl groups excluding tert-OH is 4. The largest absolute Gasteiger partial charge is 0.472 e. The molecule has 0 aliphatic carbocycles. The lowest BCUT2D eigenvalue weighted by Crippen LogP contribution is -2.38. The number of phosphoric acid groups is 1. The summed E-state index contributed by atoms with van der Waals surface area (Å²) in [5.41, 5.74) is 9.30. The lowest BCUT2D eigenvalue weighted by atomic mass is 10.1. The summed E-state index contributed by atoms with van der Waals surface area (Å²) in [6.45, 7) is -1.52. The number of H-pyrrole nitrogens is 1. The molecule has 0 radical (unpaired) electrons. The molecular weight excluding hydrogens is 563 g/mol. The highest BCUT2D eigenvalue weighted by molar-refractivity contribution is 7.47. The van der Waals surface area contributed by atoms with E-state index in [9.17, 15) is 39.5 Å². The SMILES string of the molecule is Nc1ccn([C@@H]2O[C@@H](CO)[C@H](O)[C@H]2OP(=O)(O)OC[C@@H]2O[C@@H](n3cnc4c(=O)[nH]c(N)nc43)[C@H](O)[C@H]2O)c(=O)n1. The summed E-state index contributed by atoms with van der Waals surface area (Å²) in [7, 11) is -5.08. The summed E-state index contributed by atoms with van der Waals surface area (Å²) in [5, 5.41) is 41.0. The van der Waals surface area contributed by atoms with Crippen LogP contribution in [0.3, 0.4) is 0 Å².